The molecule has 0 spiro atoms. The van der Waals surface area contributed by atoms with Crippen LogP contribution in [0.2, 0.25) is 0 Å². The zero-order chi connectivity index (χ0) is 15.9. The van der Waals surface area contributed by atoms with Crippen LogP contribution in [0.1, 0.15) is 23.0 Å². The molecule has 2 amide bonds. The lowest BCUT2D eigenvalue weighted by atomic mass is 10.2. The molecule has 0 saturated heterocycles. The minimum Gasteiger partial charge on any atom is -0.463 e. The minimum atomic E-state index is -0.667. The molecule has 114 valence electrons. The van der Waals surface area contributed by atoms with Crippen molar-refractivity contribution >= 4 is 17.5 Å². The molecule has 0 fully saturated rings. The Hall–Kier alpha value is -2.96. The molecule has 0 radical (unpaired) electrons. The van der Waals surface area contributed by atoms with Gasteiger partial charge in [0.25, 0.3) is 11.8 Å². The van der Waals surface area contributed by atoms with Gasteiger partial charge in [-0.15, -0.1) is 0 Å². The number of halogens is 1. The number of rotatable bonds is 5. The van der Waals surface area contributed by atoms with Crippen molar-refractivity contribution in [1.29, 1.82) is 0 Å². The Labute approximate surface area is 126 Å². The normalized spacial score (nSPS) is 11.1. The summed E-state index contributed by atoms with van der Waals surface area (Å²) >= 11 is 0. The molecule has 0 bridgehead atoms. The van der Waals surface area contributed by atoms with Crippen LogP contribution in [0.5, 0.6) is 0 Å². The zero-order valence-corrected chi connectivity index (χ0v) is 11.8. The smallest absolute Gasteiger partial charge is 0.259 e. The predicted octanol–water partition coefficient (Wildman–Crippen LogP) is 1.69. The summed E-state index contributed by atoms with van der Waals surface area (Å²) in [7, 11) is 0. The second-order valence-electron chi connectivity index (χ2n) is 4.37. The summed E-state index contributed by atoms with van der Waals surface area (Å²) in [5.41, 5.74) is 2.64. The second kappa shape index (κ2) is 7.16. The van der Waals surface area contributed by atoms with Crippen LogP contribution in [-0.2, 0) is 4.79 Å². The maximum Gasteiger partial charge on any atom is 0.259 e. The average Bonchev–Trinajstić information content (AvgIpc) is 3.05. The van der Waals surface area contributed by atoms with Crippen LogP contribution in [0.15, 0.2) is 52.2 Å². The third-order valence-corrected chi connectivity index (χ3v) is 2.75. The summed E-state index contributed by atoms with van der Waals surface area (Å²) in [4.78, 5) is 23.3. The monoisotopic (exact) mass is 303 g/mol. The van der Waals surface area contributed by atoms with Gasteiger partial charge >= 0.3 is 0 Å². The Kier molecular flexibility index (Phi) is 5.02. The lowest BCUT2D eigenvalue weighted by molar-refractivity contribution is -0.120. The highest BCUT2D eigenvalue weighted by molar-refractivity contribution is 5.98. The van der Waals surface area contributed by atoms with Gasteiger partial charge in [-0.3, -0.25) is 9.59 Å². The van der Waals surface area contributed by atoms with Crippen molar-refractivity contribution < 1.29 is 18.4 Å². The van der Waals surface area contributed by atoms with Gasteiger partial charge in [0, 0.05) is 0 Å². The number of benzene rings is 1. The SMILES string of the molecule is CC(=NNC(=O)CNC(=O)c1ccccc1F)c1ccco1. The Balaban J connectivity index is 1.84. The number of furan rings is 1. The van der Waals surface area contributed by atoms with E-state index in [2.05, 4.69) is 15.8 Å². The van der Waals surface area contributed by atoms with Crippen molar-refractivity contribution in [3.63, 3.8) is 0 Å². The molecule has 7 heteroatoms. The molecule has 0 atom stereocenters. The first-order valence-electron chi connectivity index (χ1n) is 6.47. The van der Waals surface area contributed by atoms with Crippen LogP contribution in [0.3, 0.4) is 0 Å². The summed E-state index contributed by atoms with van der Waals surface area (Å²) < 4.78 is 18.5. The van der Waals surface area contributed by atoms with Gasteiger partial charge in [-0.25, -0.2) is 9.82 Å². The van der Waals surface area contributed by atoms with Crippen molar-refractivity contribution in [2.75, 3.05) is 6.54 Å². The van der Waals surface area contributed by atoms with Gasteiger partial charge in [0.2, 0.25) is 0 Å². The Morgan fingerprint density at radius 2 is 2.00 bits per heavy atom. The zero-order valence-electron chi connectivity index (χ0n) is 11.8. The number of carbonyl (C=O) groups excluding carboxylic acids is 2. The third kappa shape index (κ3) is 4.02. The number of carbonyl (C=O) groups is 2. The van der Waals surface area contributed by atoms with E-state index in [1.54, 1.807) is 19.1 Å². The van der Waals surface area contributed by atoms with Gasteiger partial charge in [0.15, 0.2) is 0 Å². The van der Waals surface area contributed by atoms with Crippen LogP contribution in [-0.4, -0.2) is 24.1 Å². The summed E-state index contributed by atoms with van der Waals surface area (Å²) in [6, 6.07) is 8.92. The van der Waals surface area contributed by atoms with Crippen molar-refractivity contribution in [1.82, 2.24) is 10.7 Å². The molecule has 0 saturated carbocycles. The highest BCUT2D eigenvalue weighted by Gasteiger charge is 2.11. The van der Waals surface area contributed by atoms with E-state index in [9.17, 15) is 14.0 Å². The quantitative estimate of drug-likeness (QED) is 0.651. The van der Waals surface area contributed by atoms with E-state index in [4.69, 9.17) is 4.42 Å². The second-order valence-corrected chi connectivity index (χ2v) is 4.37. The predicted molar refractivity (Wildman–Crippen MR) is 77.8 cm³/mol. The van der Waals surface area contributed by atoms with Crippen molar-refractivity contribution in [3.05, 3.63) is 59.8 Å². The molecule has 1 heterocycles. The number of hydrazone groups is 1. The molecule has 0 aliphatic rings. The summed E-state index contributed by atoms with van der Waals surface area (Å²) in [5, 5.41) is 6.15. The maximum atomic E-state index is 13.4. The molecule has 0 aliphatic carbocycles. The van der Waals surface area contributed by atoms with E-state index in [-0.39, 0.29) is 12.1 Å². The molecule has 2 rings (SSSR count). The first kappa shape index (κ1) is 15.4. The molecule has 6 nitrogen and oxygen atoms in total. The van der Waals surface area contributed by atoms with Crippen LogP contribution in [0.4, 0.5) is 4.39 Å². The first-order valence-corrected chi connectivity index (χ1v) is 6.47. The molecule has 1 aromatic carbocycles. The number of hydrogen-bond acceptors (Lipinski definition) is 4. The minimum absolute atomic E-state index is 0.120. The number of nitrogens with one attached hydrogen (secondary N) is 2. The standard InChI is InChI=1S/C15H14FN3O3/c1-10(13-7-4-8-22-13)18-19-14(20)9-17-15(21)11-5-2-3-6-12(11)16/h2-8H,9H2,1H3,(H,17,21)(H,19,20). The largest absolute Gasteiger partial charge is 0.463 e. The van der Waals surface area contributed by atoms with Gasteiger partial charge in [0.1, 0.15) is 17.3 Å². The Morgan fingerprint density at radius 1 is 1.23 bits per heavy atom. The van der Waals surface area contributed by atoms with Gasteiger partial charge in [-0.1, -0.05) is 12.1 Å². The lowest BCUT2D eigenvalue weighted by Gasteiger charge is -2.05. The average molecular weight is 303 g/mol. The molecule has 0 unspecified atom stereocenters. The highest BCUT2D eigenvalue weighted by atomic mass is 19.1. The van der Waals surface area contributed by atoms with E-state index < -0.39 is 17.6 Å². The van der Waals surface area contributed by atoms with E-state index in [0.29, 0.717) is 11.5 Å². The fraction of sp³-hybridized carbons (Fsp3) is 0.133. The number of amides is 2. The van der Waals surface area contributed by atoms with Crippen LogP contribution >= 0.6 is 0 Å². The topological polar surface area (TPSA) is 83.7 Å². The van der Waals surface area contributed by atoms with E-state index in [1.807, 2.05) is 0 Å². The number of hydrogen-bond donors (Lipinski definition) is 2. The fourth-order valence-corrected chi connectivity index (χ4v) is 1.63. The number of nitrogens with zero attached hydrogens (tertiary/aromatic N) is 1. The van der Waals surface area contributed by atoms with E-state index in [1.165, 1.54) is 30.5 Å². The van der Waals surface area contributed by atoms with Crippen molar-refractivity contribution in [2.24, 2.45) is 5.10 Å². The van der Waals surface area contributed by atoms with Crippen molar-refractivity contribution in [3.8, 4) is 0 Å². The molecule has 22 heavy (non-hydrogen) atoms. The van der Waals surface area contributed by atoms with Crippen LogP contribution < -0.4 is 10.7 Å². The summed E-state index contributed by atoms with van der Waals surface area (Å²) in [5.74, 6) is -1.32. The lowest BCUT2D eigenvalue weighted by Crippen LogP contribution is -2.35. The first-order chi connectivity index (χ1) is 10.6. The van der Waals surface area contributed by atoms with Crippen LogP contribution in [0, 0.1) is 5.82 Å². The molecular formula is C15H14FN3O3. The van der Waals surface area contributed by atoms with Gasteiger partial charge in [0.05, 0.1) is 18.4 Å². The molecule has 0 aliphatic heterocycles. The summed E-state index contributed by atoms with van der Waals surface area (Å²) in [6.45, 7) is 1.35. The highest BCUT2D eigenvalue weighted by Crippen LogP contribution is 2.05. The molecule has 2 aromatic rings. The van der Waals surface area contributed by atoms with Crippen LogP contribution in [0.25, 0.3) is 0 Å². The van der Waals surface area contributed by atoms with Gasteiger partial charge < -0.3 is 9.73 Å². The third-order valence-electron chi connectivity index (χ3n) is 2.75. The van der Waals surface area contributed by atoms with E-state index in [0.717, 1.165) is 0 Å². The Bertz CT molecular complexity index is 696. The molecule has 2 N–H and O–H groups in total. The fourth-order valence-electron chi connectivity index (χ4n) is 1.63. The Morgan fingerprint density at radius 3 is 2.68 bits per heavy atom. The maximum absolute atomic E-state index is 13.4. The molecule has 1 aromatic heterocycles. The van der Waals surface area contributed by atoms with Gasteiger partial charge in [-0.05, 0) is 31.2 Å². The van der Waals surface area contributed by atoms with E-state index >= 15 is 0 Å². The van der Waals surface area contributed by atoms with Crippen molar-refractivity contribution in [2.45, 2.75) is 6.92 Å². The summed E-state index contributed by atoms with van der Waals surface area (Å²) in [6.07, 6.45) is 1.49. The molecular weight excluding hydrogens is 289 g/mol. The van der Waals surface area contributed by atoms with Gasteiger partial charge in [-0.2, -0.15) is 5.10 Å².